The van der Waals surface area contributed by atoms with Crippen molar-refractivity contribution in [3.8, 4) is 11.5 Å². The number of likely N-dealkylation sites (tertiary alicyclic amines) is 1. The minimum Gasteiger partial charge on any atom is -0.507 e. The number of nitrogens with zero attached hydrogens (tertiary/aromatic N) is 1. The van der Waals surface area contributed by atoms with E-state index in [1.54, 1.807) is 17.0 Å². The number of benzene rings is 1. The number of ether oxygens (including phenoxy) is 1. The molecule has 0 bridgehead atoms. The Kier molecular flexibility index (Phi) is 4.49. The summed E-state index contributed by atoms with van der Waals surface area (Å²) >= 11 is 0. The lowest BCUT2D eigenvalue weighted by Crippen LogP contribution is -2.51. The van der Waals surface area contributed by atoms with Crippen LogP contribution >= 0.6 is 0 Å². The number of carbonyl (C=O) groups is 1. The minimum absolute atomic E-state index is 0.0233. The number of hydrogen-bond acceptors (Lipinski definition) is 4. The molecule has 1 aromatic rings. The second kappa shape index (κ2) is 6.13. The predicted octanol–water partition coefficient (Wildman–Crippen LogP) is 1.60. The predicted molar refractivity (Wildman–Crippen MR) is 76.9 cm³/mol. The Morgan fingerprint density at radius 1 is 1.55 bits per heavy atom. The van der Waals surface area contributed by atoms with Gasteiger partial charge in [-0.2, -0.15) is 0 Å². The number of phenolic OH excluding ortho intramolecular Hbond substituents is 1. The second-order valence-electron chi connectivity index (χ2n) is 5.30. The van der Waals surface area contributed by atoms with Crippen molar-refractivity contribution in [1.29, 1.82) is 0 Å². The summed E-state index contributed by atoms with van der Waals surface area (Å²) in [5.41, 5.74) is 6.09. The van der Waals surface area contributed by atoms with Gasteiger partial charge in [0.15, 0.2) is 0 Å². The monoisotopic (exact) mass is 278 g/mol. The lowest BCUT2D eigenvalue weighted by atomic mass is 9.90. The lowest BCUT2D eigenvalue weighted by Gasteiger charge is -2.39. The molecule has 2 rings (SSSR count). The zero-order valence-corrected chi connectivity index (χ0v) is 12.0. The smallest absolute Gasteiger partial charge is 0.258 e. The zero-order valence-electron chi connectivity index (χ0n) is 12.0. The van der Waals surface area contributed by atoms with Crippen LogP contribution in [0.2, 0.25) is 0 Å². The summed E-state index contributed by atoms with van der Waals surface area (Å²) in [6, 6.07) is 4.72. The average Bonchev–Trinajstić information content (AvgIpc) is 2.46. The number of hydrogen-bond donors (Lipinski definition) is 2. The highest BCUT2D eigenvalue weighted by Crippen LogP contribution is 2.29. The maximum Gasteiger partial charge on any atom is 0.258 e. The fraction of sp³-hybridized carbons (Fsp3) is 0.533. The summed E-state index contributed by atoms with van der Waals surface area (Å²) in [5.74, 6) is 0.735. The zero-order chi connectivity index (χ0) is 14.7. The van der Waals surface area contributed by atoms with Crippen molar-refractivity contribution in [3.05, 3.63) is 23.8 Å². The molecule has 5 heteroatoms. The van der Waals surface area contributed by atoms with Crippen molar-refractivity contribution in [2.75, 3.05) is 20.2 Å². The number of piperidine rings is 1. The van der Waals surface area contributed by atoms with Gasteiger partial charge in [0.05, 0.1) is 12.7 Å². The van der Waals surface area contributed by atoms with Crippen molar-refractivity contribution >= 4 is 5.91 Å². The third kappa shape index (κ3) is 2.72. The molecule has 1 saturated heterocycles. The average molecular weight is 278 g/mol. The minimum atomic E-state index is -0.177. The fourth-order valence-corrected chi connectivity index (χ4v) is 2.83. The largest absolute Gasteiger partial charge is 0.507 e. The Balaban J connectivity index is 2.30. The van der Waals surface area contributed by atoms with E-state index in [0.29, 0.717) is 24.8 Å². The van der Waals surface area contributed by atoms with Crippen LogP contribution in [0.1, 0.15) is 30.1 Å². The summed E-state index contributed by atoms with van der Waals surface area (Å²) in [6.07, 6.45) is 2.05. The molecule has 0 saturated carbocycles. The van der Waals surface area contributed by atoms with Crippen molar-refractivity contribution < 1.29 is 14.6 Å². The van der Waals surface area contributed by atoms with Gasteiger partial charge in [0, 0.05) is 19.1 Å². The molecule has 0 aromatic heterocycles. The molecule has 1 heterocycles. The number of amides is 1. The first kappa shape index (κ1) is 14.7. The molecular formula is C15H22N2O3. The maximum absolute atomic E-state index is 12.7. The van der Waals surface area contributed by atoms with E-state index in [9.17, 15) is 9.90 Å². The summed E-state index contributed by atoms with van der Waals surface area (Å²) in [4.78, 5) is 14.4. The Morgan fingerprint density at radius 3 is 2.95 bits per heavy atom. The first-order valence-corrected chi connectivity index (χ1v) is 6.96. The molecule has 1 aromatic carbocycles. The van der Waals surface area contributed by atoms with E-state index >= 15 is 0 Å². The van der Waals surface area contributed by atoms with Gasteiger partial charge < -0.3 is 20.5 Å². The number of rotatable bonds is 3. The van der Waals surface area contributed by atoms with Gasteiger partial charge in [-0.05, 0) is 37.0 Å². The van der Waals surface area contributed by atoms with E-state index in [1.807, 2.05) is 0 Å². The standard InChI is InChI=1S/C15H22N2O3/c1-10-4-3-7-17(13(10)9-16)15(19)12-8-11(20-2)5-6-14(12)18/h5-6,8,10,13,18H,3-4,7,9,16H2,1-2H3. The third-order valence-electron chi connectivity index (χ3n) is 4.05. The first-order chi connectivity index (χ1) is 9.58. The number of nitrogens with two attached hydrogens (primary N) is 1. The van der Waals surface area contributed by atoms with Gasteiger partial charge in [-0.1, -0.05) is 6.92 Å². The number of aromatic hydroxyl groups is 1. The normalized spacial score (nSPS) is 22.6. The molecule has 1 aliphatic rings. The van der Waals surface area contributed by atoms with Gasteiger partial charge >= 0.3 is 0 Å². The molecule has 2 atom stereocenters. The SMILES string of the molecule is COc1ccc(O)c(C(=O)N2CCCC(C)C2CN)c1. The fourth-order valence-electron chi connectivity index (χ4n) is 2.83. The molecule has 1 amide bonds. The Morgan fingerprint density at radius 2 is 2.30 bits per heavy atom. The lowest BCUT2D eigenvalue weighted by molar-refractivity contribution is 0.0529. The molecule has 3 N–H and O–H groups in total. The topological polar surface area (TPSA) is 75.8 Å². The molecule has 0 radical (unpaired) electrons. The quantitative estimate of drug-likeness (QED) is 0.880. The van der Waals surface area contributed by atoms with E-state index in [4.69, 9.17) is 10.5 Å². The summed E-state index contributed by atoms with van der Waals surface area (Å²) < 4.78 is 5.12. The molecule has 0 aliphatic carbocycles. The van der Waals surface area contributed by atoms with E-state index in [-0.39, 0.29) is 23.3 Å². The van der Waals surface area contributed by atoms with E-state index in [0.717, 1.165) is 12.8 Å². The van der Waals surface area contributed by atoms with Crippen LogP contribution in [0.4, 0.5) is 0 Å². The number of methoxy groups -OCH3 is 1. The molecular weight excluding hydrogens is 256 g/mol. The van der Waals surface area contributed by atoms with Crippen molar-refractivity contribution in [3.63, 3.8) is 0 Å². The van der Waals surface area contributed by atoms with E-state index in [2.05, 4.69) is 6.92 Å². The molecule has 0 spiro atoms. The second-order valence-corrected chi connectivity index (χ2v) is 5.30. The molecule has 5 nitrogen and oxygen atoms in total. The molecule has 1 aliphatic heterocycles. The summed E-state index contributed by atoms with van der Waals surface area (Å²) in [5, 5.41) is 9.92. The molecule has 2 unspecified atom stereocenters. The van der Waals surface area contributed by atoms with Crippen LogP contribution in [0.5, 0.6) is 11.5 Å². The van der Waals surface area contributed by atoms with Crippen LogP contribution in [0.3, 0.4) is 0 Å². The Bertz CT molecular complexity index is 490. The molecule has 20 heavy (non-hydrogen) atoms. The van der Waals surface area contributed by atoms with Crippen LogP contribution in [-0.2, 0) is 0 Å². The Hall–Kier alpha value is -1.75. The third-order valence-corrected chi connectivity index (χ3v) is 4.05. The van der Waals surface area contributed by atoms with Crippen molar-refractivity contribution in [1.82, 2.24) is 4.90 Å². The van der Waals surface area contributed by atoms with Gasteiger partial charge in [0.25, 0.3) is 5.91 Å². The van der Waals surface area contributed by atoms with Gasteiger partial charge in [-0.25, -0.2) is 0 Å². The van der Waals surface area contributed by atoms with Gasteiger partial charge in [0.1, 0.15) is 11.5 Å². The van der Waals surface area contributed by atoms with Crippen molar-refractivity contribution in [2.24, 2.45) is 11.7 Å². The molecule has 110 valence electrons. The van der Waals surface area contributed by atoms with E-state index < -0.39 is 0 Å². The van der Waals surface area contributed by atoms with Crippen LogP contribution in [0.25, 0.3) is 0 Å². The van der Waals surface area contributed by atoms with Gasteiger partial charge in [-0.15, -0.1) is 0 Å². The van der Waals surface area contributed by atoms with Crippen LogP contribution in [0.15, 0.2) is 18.2 Å². The Labute approximate surface area is 119 Å². The van der Waals surface area contributed by atoms with Crippen LogP contribution in [-0.4, -0.2) is 42.2 Å². The summed E-state index contributed by atoms with van der Waals surface area (Å²) in [6.45, 7) is 3.24. The van der Waals surface area contributed by atoms with Gasteiger partial charge in [0.2, 0.25) is 0 Å². The number of carbonyl (C=O) groups excluding carboxylic acids is 1. The maximum atomic E-state index is 12.7. The van der Waals surface area contributed by atoms with Crippen LogP contribution < -0.4 is 10.5 Å². The molecule has 1 fully saturated rings. The number of phenols is 1. The highest BCUT2D eigenvalue weighted by Gasteiger charge is 2.32. The highest BCUT2D eigenvalue weighted by atomic mass is 16.5. The van der Waals surface area contributed by atoms with E-state index in [1.165, 1.54) is 13.2 Å². The van der Waals surface area contributed by atoms with Crippen LogP contribution in [0, 0.1) is 5.92 Å². The summed E-state index contributed by atoms with van der Waals surface area (Å²) in [7, 11) is 1.53. The van der Waals surface area contributed by atoms with Crippen molar-refractivity contribution in [2.45, 2.75) is 25.8 Å². The first-order valence-electron chi connectivity index (χ1n) is 6.96. The highest BCUT2D eigenvalue weighted by molar-refractivity contribution is 5.97. The van der Waals surface area contributed by atoms with Gasteiger partial charge in [-0.3, -0.25) is 4.79 Å².